The third kappa shape index (κ3) is 3.51. The number of aromatic nitrogens is 4. The predicted molar refractivity (Wildman–Crippen MR) is 86.3 cm³/mol. The molecule has 0 bridgehead atoms. The Hall–Kier alpha value is -1.36. The summed E-state index contributed by atoms with van der Waals surface area (Å²) in [4.78, 5) is 8.14. The molecule has 0 aromatic carbocycles. The van der Waals surface area contributed by atoms with Gasteiger partial charge in [-0.25, -0.2) is 22.6 Å². The number of nitrogens with one attached hydrogen (secondary N) is 1. The van der Waals surface area contributed by atoms with Crippen molar-refractivity contribution in [2.75, 3.05) is 6.54 Å². The highest BCUT2D eigenvalue weighted by molar-refractivity contribution is 9.11. The fourth-order valence-electron chi connectivity index (χ4n) is 1.90. The Morgan fingerprint density at radius 2 is 2.18 bits per heavy atom. The largest absolute Gasteiger partial charge is 0.252 e. The molecule has 3 aromatic heterocycles. The molecule has 3 aromatic rings. The maximum atomic E-state index is 12.0. The lowest BCUT2D eigenvalue weighted by molar-refractivity contribution is 0.581. The topological polar surface area (TPSA) is 89.2 Å². The molecule has 3 heterocycles. The highest BCUT2D eigenvalue weighted by Crippen LogP contribution is 2.25. The van der Waals surface area contributed by atoms with E-state index < -0.39 is 10.0 Å². The Morgan fingerprint density at radius 3 is 2.95 bits per heavy atom. The van der Waals surface area contributed by atoms with Crippen LogP contribution in [0.2, 0.25) is 0 Å². The molecular weight excluding hydrogens is 390 g/mol. The number of halogens is 1. The number of fused-ring (bicyclic) bond motifs is 1. The second kappa shape index (κ2) is 6.41. The van der Waals surface area contributed by atoms with Crippen LogP contribution in [0.15, 0.2) is 38.8 Å². The van der Waals surface area contributed by atoms with Crippen molar-refractivity contribution in [3.05, 3.63) is 40.2 Å². The molecule has 0 unspecified atom stereocenters. The van der Waals surface area contributed by atoms with Crippen LogP contribution in [0, 0.1) is 0 Å². The second-order valence-corrected chi connectivity index (χ2v) is 8.98. The van der Waals surface area contributed by atoms with Crippen LogP contribution in [0.4, 0.5) is 0 Å². The van der Waals surface area contributed by atoms with Crippen LogP contribution >= 0.6 is 27.3 Å². The Bertz CT molecular complexity index is 890. The van der Waals surface area contributed by atoms with Crippen molar-refractivity contribution >= 4 is 43.1 Å². The summed E-state index contributed by atoms with van der Waals surface area (Å²) in [7, 11) is -3.42. The smallest absolute Gasteiger partial charge is 0.219 e. The Morgan fingerprint density at radius 1 is 1.32 bits per heavy atom. The summed E-state index contributed by atoms with van der Waals surface area (Å²) < 4.78 is 29.4. The molecule has 0 radical (unpaired) electrons. The highest BCUT2D eigenvalue weighted by atomic mass is 79.9. The zero-order chi connectivity index (χ0) is 15.6. The first-order valence-electron chi connectivity index (χ1n) is 6.44. The Kier molecular flexibility index (Phi) is 4.52. The number of hydrogen-bond acceptors (Lipinski definition) is 6. The predicted octanol–water partition coefficient (Wildman–Crippen LogP) is 1.86. The maximum absolute atomic E-state index is 12.0. The number of nitrogens with zero attached hydrogens (tertiary/aromatic N) is 4. The van der Waals surface area contributed by atoms with Crippen molar-refractivity contribution in [1.82, 2.24) is 24.3 Å². The van der Waals surface area contributed by atoms with Gasteiger partial charge in [0.25, 0.3) is 5.78 Å². The van der Waals surface area contributed by atoms with E-state index in [1.807, 2.05) is 6.20 Å². The minimum Gasteiger partial charge on any atom is -0.219 e. The molecule has 0 aliphatic heterocycles. The summed E-state index contributed by atoms with van der Waals surface area (Å²) >= 11 is 4.45. The standard InChI is InChI=1S/C12H12BrN5O2S2/c13-10-3-4-11(21-10)22(19,20)17-5-1-2-9-6-14-12-15-8-16-18(12)7-9/h3-4,6-8,17H,1-2,5H2. The Labute approximate surface area is 139 Å². The van der Waals surface area contributed by atoms with E-state index in [1.165, 1.54) is 17.7 Å². The van der Waals surface area contributed by atoms with Gasteiger partial charge in [0.05, 0.1) is 3.79 Å². The summed E-state index contributed by atoms with van der Waals surface area (Å²) in [5.74, 6) is 0.549. The van der Waals surface area contributed by atoms with Crippen LogP contribution in [0.3, 0.4) is 0 Å². The summed E-state index contributed by atoms with van der Waals surface area (Å²) in [6.07, 6.45) is 6.40. The zero-order valence-electron chi connectivity index (χ0n) is 11.3. The average molecular weight is 402 g/mol. The summed E-state index contributed by atoms with van der Waals surface area (Å²) in [6.45, 7) is 0.368. The normalized spacial score (nSPS) is 12.0. The van der Waals surface area contributed by atoms with Crippen molar-refractivity contribution in [3.63, 3.8) is 0 Å². The van der Waals surface area contributed by atoms with E-state index in [0.717, 1.165) is 9.35 Å². The van der Waals surface area contributed by atoms with Crippen molar-refractivity contribution in [2.45, 2.75) is 17.1 Å². The molecule has 0 atom stereocenters. The molecule has 1 N–H and O–H groups in total. The van der Waals surface area contributed by atoms with E-state index in [2.05, 4.69) is 35.7 Å². The number of sulfonamides is 1. The third-order valence-corrected chi connectivity index (χ3v) is 6.51. The second-order valence-electron chi connectivity index (χ2n) is 4.53. The molecule has 0 saturated heterocycles. The van der Waals surface area contributed by atoms with Crippen molar-refractivity contribution in [1.29, 1.82) is 0 Å². The van der Waals surface area contributed by atoms with Crippen LogP contribution in [0.1, 0.15) is 12.0 Å². The monoisotopic (exact) mass is 401 g/mol. The van der Waals surface area contributed by atoms with E-state index in [-0.39, 0.29) is 0 Å². The van der Waals surface area contributed by atoms with Gasteiger partial charge in [0.1, 0.15) is 10.5 Å². The molecule has 0 spiro atoms. The maximum Gasteiger partial charge on any atom is 0.252 e. The van der Waals surface area contributed by atoms with E-state index in [1.54, 1.807) is 22.8 Å². The van der Waals surface area contributed by atoms with Gasteiger partial charge in [-0.05, 0) is 46.5 Å². The van der Waals surface area contributed by atoms with Crippen molar-refractivity contribution in [3.8, 4) is 0 Å². The molecule has 7 nitrogen and oxygen atoms in total. The fraction of sp³-hybridized carbons (Fsp3) is 0.250. The van der Waals surface area contributed by atoms with Gasteiger partial charge in [-0.15, -0.1) is 11.3 Å². The van der Waals surface area contributed by atoms with Crippen LogP contribution in [-0.4, -0.2) is 34.5 Å². The first-order chi connectivity index (χ1) is 10.5. The molecule has 0 fully saturated rings. The minimum atomic E-state index is -3.42. The average Bonchev–Trinajstić information content (AvgIpc) is 3.12. The van der Waals surface area contributed by atoms with Crippen molar-refractivity contribution < 1.29 is 8.42 Å². The zero-order valence-corrected chi connectivity index (χ0v) is 14.5. The summed E-state index contributed by atoms with van der Waals surface area (Å²) in [6, 6.07) is 3.30. The van der Waals surface area contributed by atoms with Gasteiger partial charge in [0.2, 0.25) is 10.0 Å². The van der Waals surface area contributed by atoms with Gasteiger partial charge < -0.3 is 0 Å². The highest BCUT2D eigenvalue weighted by Gasteiger charge is 2.15. The number of rotatable bonds is 6. The van der Waals surface area contributed by atoms with Gasteiger partial charge in [0.15, 0.2) is 0 Å². The first kappa shape index (κ1) is 15.5. The summed E-state index contributed by atoms with van der Waals surface area (Å²) in [5, 5.41) is 4.02. The number of aryl methyl sites for hydroxylation is 1. The van der Waals surface area contributed by atoms with Gasteiger partial charge in [0, 0.05) is 18.9 Å². The number of hydrogen-bond donors (Lipinski definition) is 1. The van der Waals surface area contributed by atoms with Crippen LogP contribution in [0.25, 0.3) is 5.78 Å². The van der Waals surface area contributed by atoms with Gasteiger partial charge in [-0.2, -0.15) is 10.1 Å². The number of thiophene rings is 1. The fourth-order valence-corrected chi connectivity index (χ4v) is 5.03. The van der Waals surface area contributed by atoms with Crippen molar-refractivity contribution in [2.24, 2.45) is 0 Å². The molecule has 0 amide bonds. The first-order valence-corrected chi connectivity index (χ1v) is 9.53. The molecule has 0 aliphatic rings. The lowest BCUT2D eigenvalue weighted by Gasteiger charge is -2.05. The van der Waals surface area contributed by atoms with Gasteiger partial charge in [-0.3, -0.25) is 0 Å². The molecule has 10 heteroatoms. The quantitative estimate of drug-likeness (QED) is 0.636. The van der Waals surface area contributed by atoms with Gasteiger partial charge >= 0.3 is 0 Å². The lowest BCUT2D eigenvalue weighted by atomic mass is 10.2. The molecule has 116 valence electrons. The van der Waals surface area contributed by atoms with E-state index in [4.69, 9.17) is 0 Å². The van der Waals surface area contributed by atoms with Gasteiger partial charge in [-0.1, -0.05) is 0 Å². The van der Waals surface area contributed by atoms with E-state index in [0.29, 0.717) is 29.4 Å². The molecular formula is C12H12BrN5O2S2. The SMILES string of the molecule is O=S(=O)(NCCCc1cnc2ncnn2c1)c1ccc(Br)s1. The van der Waals surface area contributed by atoms with E-state index in [9.17, 15) is 8.42 Å². The molecule has 0 saturated carbocycles. The van der Waals surface area contributed by atoms with Crippen LogP contribution in [-0.2, 0) is 16.4 Å². The van der Waals surface area contributed by atoms with Crippen LogP contribution in [0.5, 0.6) is 0 Å². The molecule has 22 heavy (non-hydrogen) atoms. The molecule has 3 rings (SSSR count). The summed E-state index contributed by atoms with van der Waals surface area (Å²) in [5.41, 5.74) is 0.982. The lowest BCUT2D eigenvalue weighted by Crippen LogP contribution is -2.24. The third-order valence-electron chi connectivity index (χ3n) is 2.94. The van der Waals surface area contributed by atoms with Crippen LogP contribution < -0.4 is 4.72 Å². The van der Waals surface area contributed by atoms with E-state index >= 15 is 0 Å². The minimum absolute atomic E-state index is 0.310. The molecule has 0 aliphatic carbocycles. The Balaban J connectivity index is 1.54.